The lowest BCUT2D eigenvalue weighted by Gasteiger charge is -2.33. The number of carboxylic acids is 1. The van der Waals surface area contributed by atoms with Gasteiger partial charge < -0.3 is 10.0 Å². The van der Waals surface area contributed by atoms with E-state index in [4.69, 9.17) is 0 Å². The van der Waals surface area contributed by atoms with Crippen LogP contribution in [0.2, 0.25) is 0 Å². The normalized spacial score (nSPS) is 21.8. The number of likely N-dealkylation sites (tertiary alicyclic amines) is 1. The molecular weight excluding hydrogens is 368 g/mol. The number of aryl methyl sites for hydroxylation is 1. The van der Waals surface area contributed by atoms with Crippen LogP contribution in [0, 0.1) is 6.92 Å². The standard InChI is InChI=1S/C19H26N2O5S/c1-14-8-9-15(18(22)21-12-6-3-7-16(21)19(23)24)13-17(14)27(25,26)20-10-4-2-5-11-20/h8-9,13,16H,2-7,10-12H2,1H3,(H,23,24)/t16-/m0/s1. The Hall–Kier alpha value is -1.93. The number of aliphatic carboxylic acids is 1. The van der Waals surface area contributed by atoms with Crippen molar-refractivity contribution in [2.24, 2.45) is 0 Å². The van der Waals surface area contributed by atoms with Crippen LogP contribution in [-0.4, -0.2) is 60.3 Å². The minimum absolute atomic E-state index is 0.138. The summed E-state index contributed by atoms with van der Waals surface area (Å²) < 4.78 is 27.6. The number of sulfonamides is 1. The molecule has 0 unspecified atom stereocenters. The quantitative estimate of drug-likeness (QED) is 0.845. The Bertz CT molecular complexity index is 831. The number of rotatable bonds is 4. The van der Waals surface area contributed by atoms with Crippen LogP contribution in [-0.2, 0) is 14.8 Å². The largest absolute Gasteiger partial charge is 0.480 e. The Morgan fingerprint density at radius 2 is 1.70 bits per heavy atom. The minimum atomic E-state index is -3.66. The monoisotopic (exact) mass is 394 g/mol. The summed E-state index contributed by atoms with van der Waals surface area (Å²) in [4.78, 5) is 25.9. The van der Waals surface area contributed by atoms with E-state index in [1.165, 1.54) is 15.3 Å². The van der Waals surface area contributed by atoms with Gasteiger partial charge in [0, 0.05) is 25.2 Å². The van der Waals surface area contributed by atoms with Gasteiger partial charge in [-0.1, -0.05) is 12.5 Å². The lowest BCUT2D eigenvalue weighted by Crippen LogP contribution is -2.48. The molecule has 2 aliphatic heterocycles. The molecule has 2 saturated heterocycles. The van der Waals surface area contributed by atoms with Crippen LogP contribution in [0.15, 0.2) is 23.1 Å². The van der Waals surface area contributed by atoms with Gasteiger partial charge in [-0.3, -0.25) is 4.79 Å². The molecule has 1 N–H and O–H groups in total. The van der Waals surface area contributed by atoms with Crippen molar-refractivity contribution in [3.05, 3.63) is 29.3 Å². The highest BCUT2D eigenvalue weighted by Crippen LogP contribution is 2.26. The van der Waals surface area contributed by atoms with Gasteiger partial charge in [0.05, 0.1) is 4.90 Å². The van der Waals surface area contributed by atoms with Crippen molar-refractivity contribution in [2.45, 2.75) is 56.4 Å². The Labute approximate surface area is 160 Å². The molecular formula is C19H26N2O5S. The van der Waals surface area contributed by atoms with E-state index >= 15 is 0 Å². The molecule has 0 aliphatic carbocycles. The van der Waals surface area contributed by atoms with Crippen molar-refractivity contribution in [3.63, 3.8) is 0 Å². The fourth-order valence-electron chi connectivity index (χ4n) is 3.85. The molecule has 0 radical (unpaired) electrons. The van der Waals surface area contributed by atoms with Crippen molar-refractivity contribution in [1.29, 1.82) is 0 Å². The molecule has 1 aromatic carbocycles. The van der Waals surface area contributed by atoms with E-state index in [9.17, 15) is 23.1 Å². The molecule has 1 atom stereocenters. The van der Waals surface area contributed by atoms with Crippen LogP contribution in [0.5, 0.6) is 0 Å². The number of carbonyl (C=O) groups excluding carboxylic acids is 1. The number of carbonyl (C=O) groups is 2. The smallest absolute Gasteiger partial charge is 0.326 e. The van der Waals surface area contributed by atoms with E-state index in [0.29, 0.717) is 31.6 Å². The first-order valence-electron chi connectivity index (χ1n) is 9.47. The first-order chi connectivity index (χ1) is 12.8. The van der Waals surface area contributed by atoms with Crippen molar-refractivity contribution in [2.75, 3.05) is 19.6 Å². The van der Waals surface area contributed by atoms with Crippen LogP contribution in [0.4, 0.5) is 0 Å². The third-order valence-corrected chi connectivity index (χ3v) is 7.46. The molecule has 2 aliphatic rings. The lowest BCUT2D eigenvalue weighted by atomic mass is 10.0. The number of piperidine rings is 2. The van der Waals surface area contributed by atoms with E-state index in [-0.39, 0.29) is 10.5 Å². The summed E-state index contributed by atoms with van der Waals surface area (Å²) in [5.74, 6) is -1.44. The Kier molecular flexibility index (Phi) is 5.86. The SMILES string of the molecule is Cc1ccc(C(=O)N2CCCC[C@H]2C(=O)O)cc1S(=O)(=O)N1CCCCC1. The molecule has 7 nitrogen and oxygen atoms in total. The summed E-state index contributed by atoms with van der Waals surface area (Å²) in [7, 11) is -3.66. The highest BCUT2D eigenvalue weighted by atomic mass is 32.2. The molecule has 0 aromatic heterocycles. The van der Waals surface area contributed by atoms with Crippen LogP contribution in [0.1, 0.15) is 54.4 Å². The second-order valence-electron chi connectivity index (χ2n) is 7.29. The Morgan fingerprint density at radius 1 is 1.04 bits per heavy atom. The predicted octanol–water partition coefficient (Wildman–Crippen LogP) is 2.25. The van der Waals surface area contributed by atoms with Crippen LogP contribution < -0.4 is 0 Å². The highest BCUT2D eigenvalue weighted by molar-refractivity contribution is 7.89. The molecule has 1 aromatic rings. The third kappa shape index (κ3) is 4.01. The zero-order valence-corrected chi connectivity index (χ0v) is 16.4. The van der Waals surface area contributed by atoms with E-state index in [1.807, 2.05) is 0 Å². The van der Waals surface area contributed by atoms with Crippen molar-refractivity contribution in [3.8, 4) is 0 Å². The molecule has 148 valence electrons. The topological polar surface area (TPSA) is 95.0 Å². The fourth-order valence-corrected chi connectivity index (χ4v) is 5.62. The van der Waals surface area contributed by atoms with Crippen molar-refractivity contribution in [1.82, 2.24) is 9.21 Å². The fraction of sp³-hybridized carbons (Fsp3) is 0.579. The van der Waals surface area contributed by atoms with E-state index in [1.54, 1.807) is 19.1 Å². The summed E-state index contributed by atoms with van der Waals surface area (Å²) in [5.41, 5.74) is 0.815. The van der Waals surface area contributed by atoms with Crippen LogP contribution in [0.3, 0.4) is 0 Å². The summed E-state index contributed by atoms with van der Waals surface area (Å²) >= 11 is 0. The minimum Gasteiger partial charge on any atom is -0.480 e. The first kappa shape index (κ1) is 19.8. The summed E-state index contributed by atoms with van der Waals surface area (Å²) in [6.45, 7) is 3.07. The molecule has 27 heavy (non-hydrogen) atoms. The van der Waals surface area contributed by atoms with Gasteiger partial charge in [0.1, 0.15) is 6.04 Å². The van der Waals surface area contributed by atoms with E-state index in [2.05, 4.69) is 0 Å². The lowest BCUT2D eigenvalue weighted by molar-refractivity contribution is -0.143. The van der Waals surface area contributed by atoms with Gasteiger partial charge in [0.2, 0.25) is 10.0 Å². The molecule has 3 rings (SSSR count). The Morgan fingerprint density at radius 3 is 2.37 bits per heavy atom. The molecule has 0 saturated carbocycles. The van der Waals surface area contributed by atoms with Gasteiger partial charge in [0.25, 0.3) is 5.91 Å². The Balaban J connectivity index is 1.92. The van der Waals surface area contributed by atoms with Gasteiger partial charge in [-0.05, 0) is 56.7 Å². The molecule has 2 fully saturated rings. The number of nitrogens with zero attached hydrogens (tertiary/aromatic N) is 2. The van der Waals surface area contributed by atoms with Gasteiger partial charge in [-0.15, -0.1) is 0 Å². The van der Waals surface area contributed by atoms with Crippen molar-refractivity contribution >= 4 is 21.9 Å². The maximum atomic E-state index is 13.0. The average Bonchev–Trinajstić information content (AvgIpc) is 2.68. The summed E-state index contributed by atoms with van der Waals surface area (Å²) in [6.07, 6.45) is 4.64. The van der Waals surface area contributed by atoms with Gasteiger partial charge in [-0.2, -0.15) is 4.31 Å². The average molecular weight is 394 g/mol. The highest BCUT2D eigenvalue weighted by Gasteiger charge is 2.34. The van der Waals surface area contributed by atoms with Crippen LogP contribution >= 0.6 is 0 Å². The number of hydrogen-bond acceptors (Lipinski definition) is 4. The summed E-state index contributed by atoms with van der Waals surface area (Å²) in [5, 5.41) is 9.41. The molecule has 2 heterocycles. The number of hydrogen-bond donors (Lipinski definition) is 1. The molecule has 0 bridgehead atoms. The maximum absolute atomic E-state index is 13.0. The van der Waals surface area contributed by atoms with Gasteiger partial charge >= 0.3 is 5.97 Å². The zero-order valence-electron chi connectivity index (χ0n) is 15.6. The second-order valence-corrected chi connectivity index (χ2v) is 9.20. The number of amides is 1. The van der Waals surface area contributed by atoms with Crippen molar-refractivity contribution < 1.29 is 23.1 Å². The summed E-state index contributed by atoms with van der Waals surface area (Å²) in [6, 6.07) is 3.77. The first-order valence-corrected chi connectivity index (χ1v) is 10.9. The second kappa shape index (κ2) is 7.98. The molecule has 8 heteroatoms. The molecule has 1 amide bonds. The van der Waals surface area contributed by atoms with Gasteiger partial charge in [0.15, 0.2) is 0 Å². The van der Waals surface area contributed by atoms with Gasteiger partial charge in [-0.25, -0.2) is 13.2 Å². The van der Waals surface area contributed by atoms with Crippen LogP contribution in [0.25, 0.3) is 0 Å². The maximum Gasteiger partial charge on any atom is 0.326 e. The zero-order chi connectivity index (χ0) is 19.6. The number of benzene rings is 1. The third-order valence-electron chi connectivity index (χ3n) is 5.42. The van der Waals surface area contributed by atoms with E-state index in [0.717, 1.165) is 32.1 Å². The predicted molar refractivity (Wildman–Crippen MR) is 100 cm³/mol. The number of carboxylic acid groups (broad SMARTS) is 1. The van der Waals surface area contributed by atoms with E-state index < -0.39 is 27.9 Å². The molecule has 0 spiro atoms.